The second kappa shape index (κ2) is 5.49. The molecule has 2 N–H and O–H groups in total. The molecule has 2 heterocycles. The van der Waals surface area contributed by atoms with Crippen LogP contribution >= 0.6 is 11.3 Å². The van der Waals surface area contributed by atoms with Gasteiger partial charge >= 0.3 is 5.97 Å². The van der Waals surface area contributed by atoms with Gasteiger partial charge < -0.3 is 15.2 Å². The first-order valence-electron chi connectivity index (χ1n) is 5.90. The van der Waals surface area contributed by atoms with Gasteiger partial charge in [-0.25, -0.2) is 4.79 Å². The number of rotatable bonds is 4. The monoisotopic (exact) mass is 269 g/mol. The van der Waals surface area contributed by atoms with Crippen LogP contribution < -0.4 is 5.32 Å². The van der Waals surface area contributed by atoms with E-state index in [0.29, 0.717) is 18.0 Å². The lowest BCUT2D eigenvalue weighted by Crippen LogP contribution is -2.27. The molecule has 98 valence electrons. The second-order valence-electron chi connectivity index (χ2n) is 4.11. The maximum Gasteiger partial charge on any atom is 0.338 e. The van der Waals surface area contributed by atoms with Crippen molar-refractivity contribution in [2.45, 2.75) is 32.3 Å². The van der Waals surface area contributed by atoms with Crippen LogP contribution in [0.3, 0.4) is 0 Å². The summed E-state index contributed by atoms with van der Waals surface area (Å²) in [7, 11) is 0. The largest absolute Gasteiger partial charge is 0.478 e. The minimum absolute atomic E-state index is 0.156. The number of ether oxygens (including phenoxy) is 1. The zero-order chi connectivity index (χ0) is 13.1. The van der Waals surface area contributed by atoms with Crippen LogP contribution in [-0.2, 0) is 16.0 Å². The Morgan fingerprint density at radius 2 is 2.39 bits per heavy atom. The zero-order valence-corrected chi connectivity index (χ0v) is 10.9. The van der Waals surface area contributed by atoms with Gasteiger partial charge in [0.1, 0.15) is 11.1 Å². The lowest BCUT2D eigenvalue weighted by molar-refractivity contribution is -0.124. The fraction of sp³-hybridized carbons (Fsp3) is 0.500. The van der Waals surface area contributed by atoms with Gasteiger partial charge in [0.05, 0.1) is 5.56 Å². The van der Waals surface area contributed by atoms with E-state index in [1.807, 2.05) is 6.92 Å². The number of amides is 1. The van der Waals surface area contributed by atoms with Gasteiger partial charge in [-0.15, -0.1) is 11.3 Å². The number of anilines is 1. The van der Waals surface area contributed by atoms with E-state index < -0.39 is 12.1 Å². The molecule has 0 radical (unpaired) electrons. The summed E-state index contributed by atoms with van der Waals surface area (Å²) in [6, 6.07) is 1.61. The van der Waals surface area contributed by atoms with Crippen LogP contribution in [0.15, 0.2) is 6.07 Å². The minimum atomic E-state index is -1.02. The quantitative estimate of drug-likeness (QED) is 0.878. The molecule has 0 saturated carbocycles. The number of hydrogen-bond acceptors (Lipinski definition) is 4. The molecule has 0 aliphatic carbocycles. The van der Waals surface area contributed by atoms with Crippen molar-refractivity contribution in [3.63, 3.8) is 0 Å². The topological polar surface area (TPSA) is 75.6 Å². The Balaban J connectivity index is 2.14. The number of nitrogens with one attached hydrogen (secondary N) is 1. The molecule has 6 heteroatoms. The molecule has 1 atom stereocenters. The average Bonchev–Trinajstić information content (AvgIpc) is 2.97. The predicted octanol–water partition coefficient (Wildman–Crippen LogP) is 2.13. The Morgan fingerprint density at radius 3 is 2.94 bits per heavy atom. The van der Waals surface area contributed by atoms with Crippen LogP contribution in [0.5, 0.6) is 0 Å². The summed E-state index contributed by atoms with van der Waals surface area (Å²) < 4.78 is 5.27. The summed E-state index contributed by atoms with van der Waals surface area (Å²) in [6.45, 7) is 2.54. The Morgan fingerprint density at radius 1 is 1.61 bits per heavy atom. The molecule has 0 aromatic carbocycles. The van der Waals surface area contributed by atoms with Crippen LogP contribution in [0.25, 0.3) is 0 Å². The highest BCUT2D eigenvalue weighted by Gasteiger charge is 2.25. The van der Waals surface area contributed by atoms with Crippen molar-refractivity contribution >= 4 is 28.2 Å². The number of aromatic carboxylic acids is 1. The number of carbonyl (C=O) groups excluding carboxylic acids is 1. The zero-order valence-electron chi connectivity index (χ0n) is 10.1. The molecular formula is C12H15NO4S. The highest BCUT2D eigenvalue weighted by Crippen LogP contribution is 2.29. The number of thiophene rings is 1. The van der Waals surface area contributed by atoms with E-state index >= 15 is 0 Å². The molecule has 0 unspecified atom stereocenters. The summed E-state index contributed by atoms with van der Waals surface area (Å²) in [5, 5.41) is 12.1. The lowest BCUT2D eigenvalue weighted by atomic mass is 10.2. The maximum absolute atomic E-state index is 11.9. The predicted molar refractivity (Wildman–Crippen MR) is 68.3 cm³/mol. The van der Waals surface area contributed by atoms with Gasteiger partial charge in [-0.1, -0.05) is 6.92 Å². The SMILES string of the molecule is CCc1cc(C(=O)O)c(NC(=O)[C@@H]2CCCO2)s1. The van der Waals surface area contributed by atoms with Crippen LogP contribution in [0.1, 0.15) is 35.0 Å². The molecule has 1 aliphatic rings. The number of aryl methyl sites for hydroxylation is 1. The molecule has 1 aliphatic heterocycles. The first kappa shape index (κ1) is 13.0. The van der Waals surface area contributed by atoms with Crippen molar-refractivity contribution in [1.29, 1.82) is 0 Å². The third-order valence-corrected chi connectivity index (χ3v) is 4.02. The van der Waals surface area contributed by atoms with Crippen LogP contribution in [0.2, 0.25) is 0 Å². The van der Waals surface area contributed by atoms with Gasteiger partial charge in [-0.2, -0.15) is 0 Å². The summed E-state index contributed by atoms with van der Waals surface area (Å²) in [5.74, 6) is -1.27. The fourth-order valence-corrected chi connectivity index (χ4v) is 2.84. The maximum atomic E-state index is 11.9. The van der Waals surface area contributed by atoms with E-state index in [2.05, 4.69) is 5.32 Å². The number of carboxylic acid groups (broad SMARTS) is 1. The van der Waals surface area contributed by atoms with E-state index in [9.17, 15) is 9.59 Å². The molecule has 2 rings (SSSR count). The van der Waals surface area contributed by atoms with Gasteiger partial charge in [0.25, 0.3) is 5.91 Å². The first-order valence-corrected chi connectivity index (χ1v) is 6.72. The fourth-order valence-electron chi connectivity index (χ4n) is 1.84. The summed E-state index contributed by atoms with van der Waals surface area (Å²) >= 11 is 1.31. The number of carboxylic acids is 1. The molecular weight excluding hydrogens is 254 g/mol. The molecule has 1 amide bonds. The van der Waals surface area contributed by atoms with Crippen molar-refractivity contribution in [2.24, 2.45) is 0 Å². The van der Waals surface area contributed by atoms with E-state index in [1.165, 1.54) is 11.3 Å². The third-order valence-electron chi connectivity index (χ3n) is 2.82. The van der Waals surface area contributed by atoms with Gasteiger partial charge in [-0.3, -0.25) is 4.79 Å². The van der Waals surface area contributed by atoms with Crippen molar-refractivity contribution in [1.82, 2.24) is 0 Å². The standard InChI is InChI=1S/C12H15NO4S/c1-2-7-6-8(12(15)16)11(18-7)13-10(14)9-4-3-5-17-9/h6,9H,2-5H2,1H3,(H,13,14)(H,15,16)/t9-/m0/s1. The van der Waals surface area contributed by atoms with Gasteiger partial charge in [0, 0.05) is 11.5 Å². The molecule has 18 heavy (non-hydrogen) atoms. The van der Waals surface area contributed by atoms with Crippen molar-refractivity contribution < 1.29 is 19.4 Å². The summed E-state index contributed by atoms with van der Waals surface area (Å²) in [4.78, 5) is 23.9. The molecule has 1 saturated heterocycles. The molecule has 5 nitrogen and oxygen atoms in total. The van der Waals surface area contributed by atoms with E-state index in [-0.39, 0.29) is 11.5 Å². The van der Waals surface area contributed by atoms with Crippen LogP contribution in [-0.4, -0.2) is 29.7 Å². The van der Waals surface area contributed by atoms with E-state index in [1.54, 1.807) is 6.07 Å². The smallest absolute Gasteiger partial charge is 0.338 e. The normalized spacial score (nSPS) is 18.8. The van der Waals surface area contributed by atoms with E-state index in [0.717, 1.165) is 17.7 Å². The summed E-state index contributed by atoms with van der Waals surface area (Å²) in [6.07, 6.45) is 1.87. The highest BCUT2D eigenvalue weighted by molar-refractivity contribution is 7.16. The molecule has 1 aromatic heterocycles. The van der Waals surface area contributed by atoms with Gasteiger partial charge in [0.15, 0.2) is 0 Å². The summed E-state index contributed by atoms with van der Waals surface area (Å²) in [5.41, 5.74) is 0.156. The van der Waals surface area contributed by atoms with Gasteiger partial charge in [-0.05, 0) is 25.3 Å². The molecule has 1 aromatic rings. The Labute approximate surface area is 109 Å². The minimum Gasteiger partial charge on any atom is -0.478 e. The molecule has 0 bridgehead atoms. The Kier molecular flexibility index (Phi) is 3.98. The number of carbonyl (C=O) groups is 2. The third kappa shape index (κ3) is 2.70. The molecule has 1 fully saturated rings. The highest BCUT2D eigenvalue weighted by atomic mass is 32.1. The Bertz CT molecular complexity index is 463. The second-order valence-corrected chi connectivity index (χ2v) is 5.24. The van der Waals surface area contributed by atoms with Crippen molar-refractivity contribution in [3.8, 4) is 0 Å². The van der Waals surface area contributed by atoms with Crippen molar-refractivity contribution in [3.05, 3.63) is 16.5 Å². The van der Waals surface area contributed by atoms with E-state index in [4.69, 9.17) is 9.84 Å². The van der Waals surface area contributed by atoms with Crippen LogP contribution in [0, 0.1) is 0 Å². The van der Waals surface area contributed by atoms with Gasteiger partial charge in [0.2, 0.25) is 0 Å². The molecule has 0 spiro atoms. The first-order chi connectivity index (χ1) is 8.61. The Hall–Kier alpha value is -1.40. The lowest BCUT2D eigenvalue weighted by Gasteiger charge is -2.09. The average molecular weight is 269 g/mol. The van der Waals surface area contributed by atoms with Crippen LogP contribution in [0.4, 0.5) is 5.00 Å². The van der Waals surface area contributed by atoms with Crippen molar-refractivity contribution in [2.75, 3.05) is 11.9 Å². The number of hydrogen-bond donors (Lipinski definition) is 2.